The van der Waals surface area contributed by atoms with E-state index in [1.807, 2.05) is 6.07 Å². The van der Waals surface area contributed by atoms with Crippen molar-refractivity contribution in [2.45, 2.75) is 32.4 Å². The molecule has 0 saturated carbocycles. The van der Waals surface area contributed by atoms with E-state index >= 15 is 0 Å². The molecule has 2 rings (SSSR count). The van der Waals surface area contributed by atoms with Crippen molar-refractivity contribution in [1.29, 1.82) is 5.26 Å². The quantitative estimate of drug-likeness (QED) is 0.863. The summed E-state index contributed by atoms with van der Waals surface area (Å²) in [5.74, 6) is -0.810. The van der Waals surface area contributed by atoms with Gasteiger partial charge in [-0.2, -0.15) is 5.26 Å². The average Bonchev–Trinajstić information content (AvgIpc) is 2.55. The number of halogens is 1. The standard InChI is InChI=1S/C18H24FN3O2/c1-4-12(2)17(11-22-9-14(23)10-22)21(3)18(24)15-6-5-13(8-20)7-16(15)19/h5-7,12,14,17,23H,4,9-11H2,1-3H3/t12-,17+/m0/s1. The Morgan fingerprint density at radius 1 is 1.54 bits per heavy atom. The number of β-amino-alcohol motifs (C(OH)–C–C–N with tert-alkyl or cyclic N) is 1. The van der Waals surface area contributed by atoms with E-state index in [0.717, 1.165) is 12.5 Å². The smallest absolute Gasteiger partial charge is 0.256 e. The zero-order valence-corrected chi connectivity index (χ0v) is 14.4. The molecule has 1 aromatic carbocycles. The Kier molecular flexibility index (Phi) is 5.92. The summed E-state index contributed by atoms with van der Waals surface area (Å²) < 4.78 is 14.1. The first-order valence-electron chi connectivity index (χ1n) is 8.24. The zero-order chi connectivity index (χ0) is 17.9. The van der Waals surface area contributed by atoms with E-state index in [9.17, 15) is 14.3 Å². The maximum absolute atomic E-state index is 14.1. The van der Waals surface area contributed by atoms with Crippen molar-refractivity contribution in [3.63, 3.8) is 0 Å². The lowest BCUT2D eigenvalue weighted by atomic mass is 9.95. The average molecular weight is 333 g/mol. The summed E-state index contributed by atoms with van der Waals surface area (Å²) in [6.45, 7) is 6.01. The Morgan fingerprint density at radius 3 is 2.71 bits per heavy atom. The van der Waals surface area contributed by atoms with Gasteiger partial charge in [0.1, 0.15) is 5.82 Å². The SMILES string of the molecule is CC[C@H](C)[C@@H](CN1CC(O)C1)N(C)C(=O)c1ccc(C#N)cc1F. The molecule has 1 heterocycles. The molecule has 0 bridgehead atoms. The van der Waals surface area contributed by atoms with Crippen LogP contribution >= 0.6 is 0 Å². The van der Waals surface area contributed by atoms with Gasteiger partial charge in [0, 0.05) is 32.7 Å². The number of likely N-dealkylation sites (N-methyl/N-ethyl adjacent to an activating group) is 1. The number of carbonyl (C=O) groups excluding carboxylic acids is 1. The lowest BCUT2D eigenvalue weighted by molar-refractivity contribution is -0.0163. The Labute approximate surface area is 142 Å². The van der Waals surface area contributed by atoms with Crippen LogP contribution in [-0.2, 0) is 0 Å². The van der Waals surface area contributed by atoms with Gasteiger partial charge in [-0.25, -0.2) is 4.39 Å². The van der Waals surface area contributed by atoms with Gasteiger partial charge in [0.05, 0.1) is 23.3 Å². The van der Waals surface area contributed by atoms with E-state index in [1.165, 1.54) is 12.1 Å². The third-order valence-corrected chi connectivity index (χ3v) is 4.83. The number of nitriles is 1. The first-order chi connectivity index (χ1) is 11.4. The van der Waals surface area contributed by atoms with Crippen LogP contribution in [0.3, 0.4) is 0 Å². The summed E-state index contributed by atoms with van der Waals surface area (Å²) >= 11 is 0. The molecule has 1 amide bonds. The van der Waals surface area contributed by atoms with Gasteiger partial charge in [0.15, 0.2) is 0 Å². The number of aliphatic hydroxyl groups is 1. The maximum atomic E-state index is 14.1. The molecule has 1 aliphatic heterocycles. The fraction of sp³-hybridized carbons (Fsp3) is 0.556. The van der Waals surface area contributed by atoms with Crippen molar-refractivity contribution in [3.8, 4) is 6.07 Å². The molecule has 2 atom stereocenters. The molecule has 0 aliphatic carbocycles. The van der Waals surface area contributed by atoms with Gasteiger partial charge in [-0.3, -0.25) is 9.69 Å². The third kappa shape index (κ3) is 3.92. The summed E-state index contributed by atoms with van der Waals surface area (Å²) in [5.41, 5.74) is 0.174. The molecule has 0 aromatic heterocycles. The van der Waals surface area contributed by atoms with Crippen LogP contribution in [0.1, 0.15) is 36.2 Å². The van der Waals surface area contributed by atoms with Crippen molar-refractivity contribution < 1.29 is 14.3 Å². The van der Waals surface area contributed by atoms with Crippen molar-refractivity contribution in [3.05, 3.63) is 35.1 Å². The van der Waals surface area contributed by atoms with Crippen LogP contribution in [-0.4, -0.2) is 59.6 Å². The van der Waals surface area contributed by atoms with Crippen molar-refractivity contribution in [2.75, 3.05) is 26.7 Å². The van der Waals surface area contributed by atoms with E-state index in [4.69, 9.17) is 5.26 Å². The fourth-order valence-electron chi connectivity index (χ4n) is 3.01. The molecule has 130 valence electrons. The van der Waals surface area contributed by atoms with Gasteiger partial charge in [0.25, 0.3) is 5.91 Å². The number of likely N-dealkylation sites (tertiary alicyclic amines) is 1. The molecule has 0 spiro atoms. The molecule has 1 N–H and O–H groups in total. The Bertz CT molecular complexity index is 638. The van der Waals surface area contributed by atoms with Crippen LogP contribution in [0.15, 0.2) is 18.2 Å². The predicted molar refractivity (Wildman–Crippen MR) is 88.9 cm³/mol. The Morgan fingerprint density at radius 2 is 2.21 bits per heavy atom. The van der Waals surface area contributed by atoms with Gasteiger partial charge in [0.2, 0.25) is 0 Å². The van der Waals surface area contributed by atoms with Gasteiger partial charge in [-0.1, -0.05) is 20.3 Å². The van der Waals surface area contributed by atoms with Crippen LogP contribution in [0.4, 0.5) is 4.39 Å². The number of amides is 1. The predicted octanol–water partition coefficient (Wildman–Crippen LogP) is 1.86. The molecule has 1 aliphatic rings. The van der Waals surface area contributed by atoms with Crippen LogP contribution in [0.2, 0.25) is 0 Å². The van der Waals surface area contributed by atoms with Gasteiger partial charge in [-0.05, 0) is 24.1 Å². The third-order valence-electron chi connectivity index (χ3n) is 4.83. The number of benzene rings is 1. The maximum Gasteiger partial charge on any atom is 0.256 e. The van der Waals surface area contributed by atoms with Crippen molar-refractivity contribution in [1.82, 2.24) is 9.80 Å². The number of rotatable bonds is 6. The highest BCUT2D eigenvalue weighted by atomic mass is 19.1. The lowest BCUT2D eigenvalue weighted by Gasteiger charge is -2.42. The second-order valence-corrected chi connectivity index (χ2v) is 6.55. The van der Waals surface area contributed by atoms with Crippen molar-refractivity contribution in [2.24, 2.45) is 5.92 Å². The van der Waals surface area contributed by atoms with E-state index < -0.39 is 5.82 Å². The first-order valence-corrected chi connectivity index (χ1v) is 8.24. The molecule has 1 saturated heterocycles. The highest BCUT2D eigenvalue weighted by Crippen LogP contribution is 2.21. The van der Waals surface area contributed by atoms with Gasteiger partial charge in [-0.15, -0.1) is 0 Å². The fourth-order valence-corrected chi connectivity index (χ4v) is 3.01. The molecule has 24 heavy (non-hydrogen) atoms. The van der Waals surface area contributed by atoms with E-state index in [0.29, 0.717) is 19.6 Å². The second-order valence-electron chi connectivity index (χ2n) is 6.55. The minimum atomic E-state index is -0.673. The summed E-state index contributed by atoms with van der Waals surface area (Å²) in [4.78, 5) is 16.4. The zero-order valence-electron chi connectivity index (χ0n) is 14.4. The number of hydrogen-bond donors (Lipinski definition) is 1. The largest absolute Gasteiger partial charge is 0.390 e. The summed E-state index contributed by atoms with van der Waals surface area (Å²) in [6, 6.07) is 5.71. The molecular weight excluding hydrogens is 309 g/mol. The molecule has 1 fully saturated rings. The van der Waals surface area contributed by atoms with Crippen LogP contribution in [0.5, 0.6) is 0 Å². The van der Waals surface area contributed by atoms with E-state index in [1.54, 1.807) is 11.9 Å². The number of carbonyl (C=O) groups is 1. The van der Waals surface area contributed by atoms with Crippen LogP contribution in [0.25, 0.3) is 0 Å². The number of aliphatic hydroxyl groups excluding tert-OH is 1. The summed E-state index contributed by atoms with van der Waals surface area (Å²) in [7, 11) is 1.69. The first kappa shape index (κ1) is 18.4. The topological polar surface area (TPSA) is 67.6 Å². The summed E-state index contributed by atoms with van der Waals surface area (Å²) in [6.07, 6.45) is 0.605. The highest BCUT2D eigenvalue weighted by molar-refractivity contribution is 5.94. The monoisotopic (exact) mass is 333 g/mol. The van der Waals surface area contributed by atoms with E-state index in [2.05, 4.69) is 18.7 Å². The lowest BCUT2D eigenvalue weighted by Crippen LogP contribution is -2.57. The van der Waals surface area contributed by atoms with E-state index in [-0.39, 0.29) is 35.1 Å². The molecular formula is C18H24FN3O2. The van der Waals surface area contributed by atoms with Gasteiger partial charge >= 0.3 is 0 Å². The number of hydrogen-bond acceptors (Lipinski definition) is 4. The highest BCUT2D eigenvalue weighted by Gasteiger charge is 2.32. The van der Waals surface area contributed by atoms with Crippen molar-refractivity contribution >= 4 is 5.91 Å². The normalized spacial score (nSPS) is 17.7. The van der Waals surface area contributed by atoms with Gasteiger partial charge < -0.3 is 10.0 Å². The van der Waals surface area contributed by atoms with Crippen LogP contribution in [0, 0.1) is 23.1 Å². The molecule has 0 radical (unpaired) electrons. The summed E-state index contributed by atoms with van der Waals surface area (Å²) in [5, 5.41) is 18.3. The Balaban J connectivity index is 2.17. The second kappa shape index (κ2) is 7.73. The minimum absolute atomic E-state index is 0.0200. The molecule has 5 nitrogen and oxygen atoms in total. The molecule has 6 heteroatoms. The number of nitrogens with zero attached hydrogens (tertiary/aromatic N) is 3. The molecule has 0 unspecified atom stereocenters. The van der Waals surface area contributed by atoms with Crippen LogP contribution < -0.4 is 0 Å². The molecule has 1 aromatic rings. The minimum Gasteiger partial charge on any atom is -0.390 e. The Hall–Kier alpha value is -1.97.